The van der Waals surface area contributed by atoms with E-state index in [-0.39, 0.29) is 12.6 Å². The smallest absolute Gasteiger partial charge is 0.411 e. The number of ether oxygens (including phenoxy) is 1. The molecule has 7 heteroatoms. The molecule has 0 bridgehead atoms. The average molecular weight is 473 g/mol. The van der Waals surface area contributed by atoms with E-state index >= 15 is 0 Å². The first kappa shape index (κ1) is 22.5. The van der Waals surface area contributed by atoms with E-state index in [1.54, 1.807) is 11.5 Å². The van der Waals surface area contributed by atoms with Gasteiger partial charge in [0.1, 0.15) is 6.61 Å². The van der Waals surface area contributed by atoms with E-state index in [0.29, 0.717) is 0 Å². The van der Waals surface area contributed by atoms with Crippen LogP contribution in [0.1, 0.15) is 22.9 Å². The van der Waals surface area contributed by atoms with Crippen LogP contribution in [0.5, 0.6) is 0 Å². The summed E-state index contributed by atoms with van der Waals surface area (Å²) in [6, 6.07) is 26.3. The van der Waals surface area contributed by atoms with Crippen molar-refractivity contribution in [3.8, 4) is 0 Å². The Balaban J connectivity index is 1.24. The monoisotopic (exact) mass is 472 g/mol. The Kier molecular flexibility index (Phi) is 7.14. The van der Waals surface area contributed by atoms with Gasteiger partial charge in [0, 0.05) is 37.3 Å². The first-order valence-electron chi connectivity index (χ1n) is 11.6. The molecular formula is C27H28N4O2S. The number of carbonyl (C=O) groups excluding carboxylic acids is 1. The molecule has 1 aromatic heterocycles. The van der Waals surface area contributed by atoms with Crippen molar-refractivity contribution in [3.63, 3.8) is 0 Å². The van der Waals surface area contributed by atoms with Crippen LogP contribution in [0.4, 0.5) is 10.5 Å². The van der Waals surface area contributed by atoms with Crippen molar-refractivity contribution in [1.82, 2.24) is 14.6 Å². The van der Waals surface area contributed by atoms with Crippen molar-refractivity contribution >= 4 is 33.4 Å². The molecule has 2 heterocycles. The largest absolute Gasteiger partial charge is 0.444 e. The molecule has 0 saturated carbocycles. The number of hydrogen-bond acceptors (Lipinski definition) is 6. The third kappa shape index (κ3) is 5.28. The average Bonchev–Trinajstić information content (AvgIpc) is 3.32. The number of hydrogen-bond donors (Lipinski definition) is 2. The van der Waals surface area contributed by atoms with E-state index in [4.69, 9.17) is 9.11 Å². The van der Waals surface area contributed by atoms with Crippen LogP contribution in [0, 0.1) is 0 Å². The second kappa shape index (κ2) is 10.8. The zero-order valence-electron chi connectivity index (χ0n) is 18.9. The second-order valence-electron chi connectivity index (χ2n) is 8.41. The van der Waals surface area contributed by atoms with Crippen molar-refractivity contribution in [1.29, 1.82) is 0 Å². The number of anilines is 1. The summed E-state index contributed by atoms with van der Waals surface area (Å²) in [4.78, 5) is 14.9. The number of carbonyl (C=O) groups is 1. The van der Waals surface area contributed by atoms with E-state index < -0.39 is 6.09 Å². The first-order valence-corrected chi connectivity index (χ1v) is 12.4. The highest BCUT2D eigenvalue weighted by atomic mass is 32.1. The summed E-state index contributed by atoms with van der Waals surface area (Å²) < 4.78 is 11.5. The molecule has 1 amide bonds. The van der Waals surface area contributed by atoms with Gasteiger partial charge in [-0.2, -0.15) is 4.37 Å². The molecule has 1 saturated heterocycles. The van der Waals surface area contributed by atoms with Crippen LogP contribution in [0.2, 0.25) is 0 Å². The summed E-state index contributed by atoms with van der Waals surface area (Å²) in [6.07, 6.45) is 0.388. The fourth-order valence-electron chi connectivity index (χ4n) is 4.42. The van der Waals surface area contributed by atoms with E-state index in [1.807, 2.05) is 48.5 Å². The van der Waals surface area contributed by atoms with Gasteiger partial charge in [-0.15, -0.1) is 0 Å². The van der Waals surface area contributed by atoms with Crippen LogP contribution < -0.4 is 10.6 Å². The lowest BCUT2D eigenvalue weighted by Gasteiger charge is -2.35. The summed E-state index contributed by atoms with van der Waals surface area (Å²) in [5.74, 6) is 0. The van der Waals surface area contributed by atoms with Gasteiger partial charge in [-0.05, 0) is 41.2 Å². The van der Waals surface area contributed by atoms with Crippen molar-refractivity contribution in [2.24, 2.45) is 0 Å². The molecular weight excluding hydrogens is 444 g/mol. The molecule has 1 atom stereocenters. The molecule has 0 radical (unpaired) electrons. The molecule has 5 rings (SSSR count). The number of benzene rings is 3. The minimum atomic E-state index is -0.440. The standard InChI is InChI=1S/C27H28N4O2S/c32-27(33-19-20-8-2-1-3-9-20)29-23-12-6-4-10-21(23)14-16-31-17-15-28-18-24(31)26-22-11-5-7-13-25(22)34-30-26/h1-13,24,28H,14-19H2,(H,29,32). The molecule has 3 aromatic carbocycles. The Hall–Kier alpha value is -3.26. The predicted octanol–water partition coefficient (Wildman–Crippen LogP) is 5.23. The Morgan fingerprint density at radius 3 is 2.76 bits per heavy atom. The van der Waals surface area contributed by atoms with Crippen molar-refractivity contribution < 1.29 is 9.53 Å². The van der Waals surface area contributed by atoms with Crippen LogP contribution in [0.15, 0.2) is 78.9 Å². The summed E-state index contributed by atoms with van der Waals surface area (Å²) in [5.41, 5.74) is 4.01. The van der Waals surface area contributed by atoms with Crippen molar-refractivity contribution in [3.05, 3.63) is 95.7 Å². The highest BCUT2D eigenvalue weighted by molar-refractivity contribution is 7.13. The third-order valence-electron chi connectivity index (χ3n) is 6.21. The molecule has 0 spiro atoms. The van der Waals surface area contributed by atoms with Gasteiger partial charge in [-0.25, -0.2) is 4.79 Å². The zero-order chi connectivity index (χ0) is 23.2. The predicted molar refractivity (Wildman–Crippen MR) is 137 cm³/mol. The molecule has 6 nitrogen and oxygen atoms in total. The van der Waals surface area contributed by atoms with Gasteiger partial charge >= 0.3 is 6.09 Å². The number of amides is 1. The van der Waals surface area contributed by atoms with Crippen molar-refractivity contribution in [2.45, 2.75) is 19.1 Å². The molecule has 1 aliphatic heterocycles. The minimum absolute atomic E-state index is 0.237. The van der Waals surface area contributed by atoms with Gasteiger partial charge in [-0.1, -0.05) is 66.7 Å². The molecule has 34 heavy (non-hydrogen) atoms. The van der Waals surface area contributed by atoms with E-state index in [2.05, 4.69) is 45.9 Å². The third-order valence-corrected chi connectivity index (χ3v) is 7.05. The summed E-state index contributed by atoms with van der Waals surface area (Å²) in [6.45, 7) is 3.95. The lowest BCUT2D eigenvalue weighted by Crippen LogP contribution is -2.46. The number of aromatic nitrogens is 1. The fourth-order valence-corrected chi connectivity index (χ4v) is 5.25. The normalized spacial score (nSPS) is 16.4. The maximum atomic E-state index is 12.4. The number of piperazine rings is 1. The number of nitrogens with zero attached hydrogens (tertiary/aromatic N) is 2. The van der Waals surface area contributed by atoms with Gasteiger partial charge in [0.15, 0.2) is 0 Å². The van der Waals surface area contributed by atoms with Gasteiger partial charge in [0.05, 0.1) is 16.4 Å². The van der Waals surface area contributed by atoms with Gasteiger partial charge < -0.3 is 10.1 Å². The molecule has 1 fully saturated rings. The number of fused-ring (bicyclic) bond motifs is 1. The lowest BCUT2D eigenvalue weighted by atomic mass is 10.0. The number of para-hydroxylation sites is 1. The van der Waals surface area contributed by atoms with E-state index in [9.17, 15) is 4.79 Å². The second-order valence-corrected chi connectivity index (χ2v) is 9.22. The summed E-state index contributed by atoms with van der Waals surface area (Å²) in [5, 5.41) is 7.70. The van der Waals surface area contributed by atoms with Crippen molar-refractivity contribution in [2.75, 3.05) is 31.5 Å². The lowest BCUT2D eigenvalue weighted by molar-refractivity contribution is 0.155. The molecule has 174 valence electrons. The van der Waals surface area contributed by atoms with Crippen LogP contribution in [-0.2, 0) is 17.8 Å². The molecule has 4 aromatic rings. The Bertz CT molecular complexity index is 1240. The highest BCUT2D eigenvalue weighted by Crippen LogP contribution is 2.31. The minimum Gasteiger partial charge on any atom is -0.444 e. The first-order chi connectivity index (χ1) is 16.8. The fraction of sp³-hybridized carbons (Fsp3) is 0.259. The maximum absolute atomic E-state index is 12.4. The molecule has 1 aliphatic rings. The van der Waals surface area contributed by atoms with E-state index in [0.717, 1.165) is 55.1 Å². The topological polar surface area (TPSA) is 66.5 Å². The van der Waals surface area contributed by atoms with E-state index in [1.165, 1.54) is 10.1 Å². The summed E-state index contributed by atoms with van der Waals surface area (Å²) in [7, 11) is 0. The van der Waals surface area contributed by atoms with Crippen LogP contribution >= 0.6 is 11.5 Å². The molecule has 0 aliphatic carbocycles. The van der Waals surface area contributed by atoms with Crippen LogP contribution in [0.25, 0.3) is 10.1 Å². The Labute approximate surface area is 203 Å². The van der Waals surface area contributed by atoms with Crippen LogP contribution in [0.3, 0.4) is 0 Å². The molecule has 1 unspecified atom stereocenters. The number of nitrogens with one attached hydrogen (secondary N) is 2. The number of rotatable bonds is 7. The SMILES string of the molecule is O=C(Nc1ccccc1CCN1CCNCC1c1nsc2ccccc12)OCc1ccccc1. The molecule has 2 N–H and O–H groups in total. The zero-order valence-corrected chi connectivity index (χ0v) is 19.8. The summed E-state index contributed by atoms with van der Waals surface area (Å²) >= 11 is 1.57. The van der Waals surface area contributed by atoms with Gasteiger partial charge in [0.2, 0.25) is 0 Å². The maximum Gasteiger partial charge on any atom is 0.411 e. The van der Waals surface area contributed by atoms with Gasteiger partial charge in [-0.3, -0.25) is 10.2 Å². The van der Waals surface area contributed by atoms with Crippen LogP contribution in [-0.4, -0.2) is 41.5 Å². The highest BCUT2D eigenvalue weighted by Gasteiger charge is 2.27. The quantitative estimate of drug-likeness (QED) is 0.385. The van der Waals surface area contributed by atoms with Gasteiger partial charge in [0.25, 0.3) is 0 Å². The Morgan fingerprint density at radius 1 is 1.06 bits per heavy atom. The Morgan fingerprint density at radius 2 is 1.85 bits per heavy atom.